The fourth-order valence-corrected chi connectivity index (χ4v) is 11.0. The minimum absolute atomic E-state index is 0.0403. The van der Waals surface area contributed by atoms with Gasteiger partial charge >= 0.3 is 0 Å². The number of methoxy groups -OCH3 is 1. The van der Waals surface area contributed by atoms with Gasteiger partial charge in [-0.3, -0.25) is 14.4 Å². The Morgan fingerprint density at radius 3 is 2.17 bits per heavy atom. The second-order valence-electron chi connectivity index (χ2n) is 20.0. The van der Waals surface area contributed by atoms with Crippen LogP contribution < -0.4 is 35.4 Å². The Labute approximate surface area is 384 Å². The fraction of sp³-hybridized carbons (Fsp3) is 0.646. The number of nitrogens with one attached hydrogen (secondary N) is 3. The Balaban J connectivity index is 0.688. The molecular formula is C48H70N12O5. The van der Waals surface area contributed by atoms with Crippen LogP contribution in [-0.4, -0.2) is 152 Å². The van der Waals surface area contributed by atoms with E-state index in [1.165, 1.54) is 0 Å². The first kappa shape index (κ1) is 46.4. The number of fused-ring (bicyclic) bond motifs is 1. The first-order valence-corrected chi connectivity index (χ1v) is 23.9. The molecule has 3 aliphatic heterocycles. The monoisotopic (exact) mass is 895 g/mol. The highest BCUT2D eigenvalue weighted by molar-refractivity contribution is 6.02. The molecule has 4 fully saturated rings. The average Bonchev–Trinajstić information content (AvgIpc) is 3.85. The van der Waals surface area contributed by atoms with Gasteiger partial charge in [0.15, 0.2) is 5.82 Å². The number of carbonyl (C=O) groups is 3. The second kappa shape index (κ2) is 20.2. The van der Waals surface area contributed by atoms with Crippen molar-refractivity contribution in [3.8, 4) is 5.75 Å². The summed E-state index contributed by atoms with van der Waals surface area (Å²) in [5.41, 5.74) is 2.56. The zero-order valence-electron chi connectivity index (χ0n) is 39.4. The number of nitrogens with zero attached hydrogens (tertiary/aromatic N) is 9. The molecule has 8 rings (SSSR count). The zero-order valence-corrected chi connectivity index (χ0v) is 39.4. The fourth-order valence-electron chi connectivity index (χ4n) is 11.0. The highest BCUT2D eigenvalue weighted by Crippen LogP contribution is 2.53. The van der Waals surface area contributed by atoms with Crippen molar-refractivity contribution in [2.75, 3.05) is 106 Å². The van der Waals surface area contributed by atoms with Crippen LogP contribution in [0.25, 0.3) is 0 Å². The molecule has 2 aromatic heterocycles. The Hall–Kier alpha value is -5.13. The summed E-state index contributed by atoms with van der Waals surface area (Å²) >= 11 is 0. The van der Waals surface area contributed by atoms with Crippen LogP contribution in [0.5, 0.6) is 5.75 Å². The third-order valence-electron chi connectivity index (χ3n) is 14.3. The smallest absolute Gasteiger partial charge is 0.254 e. The van der Waals surface area contributed by atoms with E-state index in [9.17, 15) is 14.4 Å². The van der Waals surface area contributed by atoms with Gasteiger partial charge in [-0.2, -0.15) is 4.98 Å². The molecule has 0 radical (unpaired) electrons. The molecule has 0 bridgehead atoms. The summed E-state index contributed by atoms with van der Waals surface area (Å²) in [4.78, 5) is 68.3. The Morgan fingerprint density at radius 2 is 1.51 bits per heavy atom. The Morgan fingerprint density at radius 1 is 0.831 bits per heavy atom. The highest BCUT2D eigenvalue weighted by Gasteiger charge is 2.53. The molecule has 17 nitrogen and oxygen atoms in total. The first-order valence-electron chi connectivity index (χ1n) is 23.9. The van der Waals surface area contributed by atoms with E-state index in [4.69, 9.17) is 14.5 Å². The molecule has 65 heavy (non-hydrogen) atoms. The first-order chi connectivity index (χ1) is 31.3. The van der Waals surface area contributed by atoms with E-state index in [0.29, 0.717) is 59.3 Å². The molecule has 0 unspecified atom stereocenters. The van der Waals surface area contributed by atoms with Gasteiger partial charge in [-0.05, 0) is 80.5 Å². The number of piperazine rings is 1. The number of aromatic nitrogens is 4. The van der Waals surface area contributed by atoms with Crippen molar-refractivity contribution in [1.29, 1.82) is 0 Å². The van der Waals surface area contributed by atoms with Crippen LogP contribution in [0.2, 0.25) is 0 Å². The zero-order chi connectivity index (χ0) is 45.7. The van der Waals surface area contributed by atoms with Gasteiger partial charge in [0.2, 0.25) is 17.8 Å². The third kappa shape index (κ3) is 10.9. The van der Waals surface area contributed by atoms with Gasteiger partial charge < -0.3 is 49.9 Å². The second-order valence-corrected chi connectivity index (χ2v) is 20.0. The predicted octanol–water partition coefficient (Wildman–Crippen LogP) is 5.11. The van der Waals surface area contributed by atoms with Gasteiger partial charge in [-0.1, -0.05) is 40.5 Å². The van der Waals surface area contributed by atoms with Crippen LogP contribution in [-0.2, 0) is 9.53 Å². The largest absolute Gasteiger partial charge is 0.495 e. The van der Waals surface area contributed by atoms with Crippen LogP contribution in [0.15, 0.2) is 36.8 Å². The van der Waals surface area contributed by atoms with Crippen LogP contribution in [0.4, 0.5) is 29.1 Å². The van der Waals surface area contributed by atoms with Crippen LogP contribution >= 0.6 is 0 Å². The molecular weight excluding hydrogens is 825 g/mol. The van der Waals surface area contributed by atoms with Crippen molar-refractivity contribution in [1.82, 2.24) is 40.4 Å². The van der Waals surface area contributed by atoms with Crippen molar-refractivity contribution < 1.29 is 23.9 Å². The lowest BCUT2D eigenvalue weighted by Gasteiger charge is -2.57. The summed E-state index contributed by atoms with van der Waals surface area (Å²) in [6.45, 7) is 18.2. The van der Waals surface area contributed by atoms with E-state index >= 15 is 0 Å². The van der Waals surface area contributed by atoms with E-state index in [2.05, 4.69) is 78.2 Å². The number of amides is 3. The number of anilines is 5. The number of ether oxygens (including phenoxy) is 2. The maximum absolute atomic E-state index is 13.1. The molecule has 0 atom stereocenters. The quantitative estimate of drug-likeness (QED) is 0.153. The molecule has 5 heterocycles. The molecule has 2 aliphatic carbocycles. The molecule has 3 N–H and O–H groups in total. The van der Waals surface area contributed by atoms with E-state index in [1.54, 1.807) is 49.8 Å². The summed E-state index contributed by atoms with van der Waals surface area (Å²) in [5, 5.41) is 9.58. The molecule has 2 saturated heterocycles. The Kier molecular flexibility index (Phi) is 14.4. The van der Waals surface area contributed by atoms with E-state index < -0.39 is 0 Å². The van der Waals surface area contributed by atoms with Gasteiger partial charge in [0, 0.05) is 96.1 Å². The van der Waals surface area contributed by atoms with Gasteiger partial charge in [-0.15, -0.1) is 0 Å². The lowest BCUT2D eigenvalue weighted by atomic mass is 9.52. The summed E-state index contributed by atoms with van der Waals surface area (Å²) < 4.78 is 12.0. The summed E-state index contributed by atoms with van der Waals surface area (Å²) in [6.07, 6.45) is 14.5. The lowest BCUT2D eigenvalue weighted by molar-refractivity contribution is -0.117. The summed E-state index contributed by atoms with van der Waals surface area (Å²) in [5.74, 6) is 2.14. The Bertz CT molecular complexity index is 2120. The highest BCUT2D eigenvalue weighted by atomic mass is 16.5. The number of piperidine rings is 1. The minimum atomic E-state index is -0.143. The van der Waals surface area contributed by atoms with Crippen molar-refractivity contribution in [3.63, 3.8) is 0 Å². The molecule has 17 heteroatoms. The molecule has 3 aromatic rings. The molecule has 0 spiro atoms. The normalized spacial score (nSPS) is 20.6. The number of hydrogen-bond donors (Lipinski definition) is 3. The number of hydrogen-bond acceptors (Lipinski definition) is 14. The third-order valence-corrected chi connectivity index (χ3v) is 14.3. The van der Waals surface area contributed by atoms with Gasteiger partial charge in [-0.25, -0.2) is 15.0 Å². The van der Waals surface area contributed by atoms with Crippen LogP contribution in [0, 0.1) is 10.8 Å². The average molecular weight is 895 g/mol. The minimum Gasteiger partial charge on any atom is -0.495 e. The topological polar surface area (TPSA) is 174 Å². The standard InChI is InChI=1S/C48H70N12O5/c1-47(2)32-48(3,4)44(47)55-43(63)34-28-51-46(52-29-34)59-20-15-36(16-21-59)65-26-10-19-58-24-22-57(23-25-58)18-9-17-49-42(62)33-13-14-37(39(27-33)64-6)53-45-50-30-38-41(54-45)60(31-40(61)56(38)5)35-11-7-8-12-35/h13-14,27-30,35-36,44H,7-12,15-26,31-32H2,1-6H3,(H,49,62)(H,55,63)(H,50,53,54). The summed E-state index contributed by atoms with van der Waals surface area (Å²) in [6, 6.07) is 5.75. The maximum Gasteiger partial charge on any atom is 0.254 e. The number of benzene rings is 1. The molecule has 1 aromatic carbocycles. The molecule has 2 saturated carbocycles. The number of rotatable bonds is 17. The van der Waals surface area contributed by atoms with E-state index in [1.807, 2.05) is 6.07 Å². The number of likely N-dealkylation sites (N-methyl/N-ethyl adjacent to an activating group) is 1. The predicted molar refractivity (Wildman–Crippen MR) is 252 cm³/mol. The van der Waals surface area contributed by atoms with Gasteiger partial charge in [0.05, 0.1) is 37.2 Å². The van der Waals surface area contributed by atoms with Crippen molar-refractivity contribution in [3.05, 3.63) is 47.9 Å². The van der Waals surface area contributed by atoms with Crippen molar-refractivity contribution in [2.24, 2.45) is 10.8 Å². The van der Waals surface area contributed by atoms with Crippen molar-refractivity contribution >= 4 is 46.8 Å². The summed E-state index contributed by atoms with van der Waals surface area (Å²) in [7, 11) is 3.35. The van der Waals surface area contributed by atoms with Crippen molar-refractivity contribution in [2.45, 2.75) is 104 Å². The SMILES string of the molecule is COc1cc(C(=O)NCCCN2CCN(CCCOC3CCN(c4ncc(C(=O)NC5C(C)(C)CC5(C)C)cn4)CC3)CC2)ccc1Nc1ncc2c(n1)N(C1CCCC1)CC(=O)N2C. The van der Waals surface area contributed by atoms with Gasteiger partial charge in [0.25, 0.3) is 11.8 Å². The van der Waals surface area contributed by atoms with E-state index in [-0.39, 0.29) is 40.7 Å². The molecule has 352 valence electrons. The van der Waals surface area contributed by atoms with Gasteiger partial charge in [0.1, 0.15) is 11.4 Å². The van der Waals surface area contributed by atoms with E-state index in [0.717, 1.165) is 123 Å². The van der Waals surface area contributed by atoms with Crippen LogP contribution in [0.3, 0.4) is 0 Å². The van der Waals surface area contributed by atoms with Crippen LogP contribution in [0.1, 0.15) is 106 Å². The lowest BCUT2D eigenvalue weighted by Crippen LogP contribution is -2.63. The number of carbonyl (C=O) groups excluding carboxylic acids is 3. The molecule has 3 amide bonds. The molecule has 5 aliphatic rings. The maximum atomic E-state index is 13.1.